The molecular weight excluding hydrogens is 311 g/mol. The third kappa shape index (κ3) is 5.62. The van der Waals surface area contributed by atoms with Gasteiger partial charge in [-0.15, -0.1) is 0 Å². The van der Waals surface area contributed by atoms with Crippen LogP contribution < -0.4 is 11.1 Å². The molecule has 0 aliphatic heterocycles. The number of carbonyl (C=O) groups is 2. The minimum atomic E-state index is -4.44. The highest BCUT2D eigenvalue weighted by molar-refractivity contribution is 5.87. The maximum absolute atomic E-state index is 12.4. The van der Waals surface area contributed by atoms with Gasteiger partial charge in [0.15, 0.2) is 0 Å². The number of nitrogens with one attached hydrogen (secondary N) is 1. The van der Waals surface area contributed by atoms with Gasteiger partial charge < -0.3 is 11.1 Å². The highest BCUT2D eigenvalue weighted by atomic mass is 19.4. The lowest BCUT2D eigenvalue weighted by Gasteiger charge is -2.20. The Labute approximate surface area is 131 Å². The summed E-state index contributed by atoms with van der Waals surface area (Å²) >= 11 is 0. The monoisotopic (exact) mass is 327 g/mol. The topological polar surface area (TPSA) is 96.0 Å². The molecule has 3 N–H and O–H groups in total. The van der Waals surface area contributed by atoms with Crippen molar-refractivity contribution in [3.05, 3.63) is 35.4 Å². The van der Waals surface area contributed by atoms with E-state index in [1.165, 1.54) is 12.1 Å². The van der Waals surface area contributed by atoms with Crippen LogP contribution in [0.2, 0.25) is 0 Å². The van der Waals surface area contributed by atoms with E-state index in [0.717, 1.165) is 12.1 Å². The number of nitrogens with two attached hydrogens (primary N) is 1. The Balaban J connectivity index is 2.72. The second kappa shape index (κ2) is 7.63. The average Bonchev–Trinajstić information content (AvgIpc) is 2.44. The van der Waals surface area contributed by atoms with Crippen molar-refractivity contribution in [1.29, 1.82) is 5.26 Å². The number of alkyl halides is 3. The van der Waals surface area contributed by atoms with E-state index >= 15 is 0 Å². The Hall–Kier alpha value is -2.56. The standard InChI is InChI=1S/C15H16F3N3O2/c1-9(6-7-19)13(14(20)23)21-12(22)8-10-2-4-11(5-3-10)15(16,17)18/h2-5,9,13H,6,8H2,1H3,(H2,20,23)(H,21,22)/t9-,13-/m1/s1. The maximum Gasteiger partial charge on any atom is 0.416 e. The van der Waals surface area contributed by atoms with E-state index in [2.05, 4.69) is 5.32 Å². The van der Waals surface area contributed by atoms with E-state index < -0.39 is 35.5 Å². The molecule has 0 heterocycles. The normalized spacial score (nSPS) is 13.7. The lowest BCUT2D eigenvalue weighted by Crippen LogP contribution is -2.48. The van der Waals surface area contributed by atoms with E-state index in [1.54, 1.807) is 6.92 Å². The van der Waals surface area contributed by atoms with Crippen molar-refractivity contribution in [3.8, 4) is 6.07 Å². The Kier molecular flexibility index (Phi) is 6.13. The predicted octanol–water partition coefficient (Wildman–Crippen LogP) is 1.77. The Bertz CT molecular complexity index is 606. The minimum Gasteiger partial charge on any atom is -0.368 e. The molecule has 0 bridgehead atoms. The fourth-order valence-corrected chi connectivity index (χ4v) is 1.98. The molecule has 0 spiro atoms. The van der Waals surface area contributed by atoms with E-state index in [0.29, 0.717) is 5.56 Å². The first-order valence-electron chi connectivity index (χ1n) is 6.77. The number of hydrogen-bond acceptors (Lipinski definition) is 3. The van der Waals surface area contributed by atoms with E-state index in [4.69, 9.17) is 11.0 Å². The number of halogens is 3. The van der Waals surface area contributed by atoms with Crippen LogP contribution in [-0.4, -0.2) is 17.9 Å². The fourth-order valence-electron chi connectivity index (χ4n) is 1.98. The average molecular weight is 327 g/mol. The molecule has 0 saturated heterocycles. The molecule has 0 aliphatic carbocycles. The Morgan fingerprint density at radius 1 is 1.30 bits per heavy atom. The highest BCUT2D eigenvalue weighted by Gasteiger charge is 2.30. The number of nitrogens with zero attached hydrogens (tertiary/aromatic N) is 1. The molecule has 0 saturated carbocycles. The summed E-state index contributed by atoms with van der Waals surface area (Å²) in [6.45, 7) is 1.59. The lowest BCUT2D eigenvalue weighted by atomic mass is 9.98. The summed E-state index contributed by atoms with van der Waals surface area (Å²) in [5.41, 5.74) is 4.75. The Morgan fingerprint density at radius 2 is 1.87 bits per heavy atom. The fraction of sp³-hybridized carbons (Fsp3) is 0.400. The number of benzene rings is 1. The zero-order valence-electron chi connectivity index (χ0n) is 12.4. The Morgan fingerprint density at radius 3 is 2.30 bits per heavy atom. The summed E-state index contributed by atoms with van der Waals surface area (Å²) in [6.07, 6.45) is -4.60. The van der Waals surface area contributed by atoms with Gasteiger partial charge in [-0.2, -0.15) is 18.4 Å². The van der Waals surface area contributed by atoms with Gasteiger partial charge in [0.1, 0.15) is 6.04 Å². The molecule has 0 fully saturated rings. The van der Waals surface area contributed by atoms with Gasteiger partial charge >= 0.3 is 6.18 Å². The largest absolute Gasteiger partial charge is 0.416 e. The van der Waals surface area contributed by atoms with Gasteiger partial charge in [-0.05, 0) is 23.6 Å². The quantitative estimate of drug-likeness (QED) is 0.833. The maximum atomic E-state index is 12.4. The van der Waals surface area contributed by atoms with Crippen LogP contribution in [0.4, 0.5) is 13.2 Å². The van der Waals surface area contributed by atoms with Crippen molar-refractivity contribution in [3.63, 3.8) is 0 Å². The third-order valence-corrected chi connectivity index (χ3v) is 3.25. The first kappa shape index (κ1) is 18.5. The van der Waals surface area contributed by atoms with Gasteiger partial charge in [-0.25, -0.2) is 0 Å². The van der Waals surface area contributed by atoms with Crippen LogP contribution in [-0.2, 0) is 22.2 Å². The molecule has 5 nitrogen and oxygen atoms in total. The predicted molar refractivity (Wildman–Crippen MR) is 75.7 cm³/mol. The van der Waals surface area contributed by atoms with Crippen LogP contribution >= 0.6 is 0 Å². The summed E-state index contributed by atoms with van der Waals surface area (Å²) in [6, 6.07) is 5.03. The third-order valence-electron chi connectivity index (χ3n) is 3.25. The highest BCUT2D eigenvalue weighted by Crippen LogP contribution is 2.29. The van der Waals surface area contributed by atoms with Gasteiger partial charge in [0, 0.05) is 6.42 Å². The van der Waals surface area contributed by atoms with Gasteiger partial charge in [-0.1, -0.05) is 19.1 Å². The molecule has 1 aromatic carbocycles. The number of primary amides is 1. The van der Waals surface area contributed by atoms with Gasteiger partial charge in [0.25, 0.3) is 0 Å². The van der Waals surface area contributed by atoms with Crippen LogP contribution in [0.1, 0.15) is 24.5 Å². The van der Waals surface area contributed by atoms with E-state index in [-0.39, 0.29) is 12.8 Å². The number of rotatable bonds is 6. The van der Waals surface area contributed by atoms with Crippen molar-refractivity contribution in [2.24, 2.45) is 11.7 Å². The second-order valence-corrected chi connectivity index (χ2v) is 5.16. The SMILES string of the molecule is C[C@H](CC#N)[C@@H](NC(=O)Cc1ccc(C(F)(F)F)cc1)C(N)=O. The van der Waals surface area contributed by atoms with Crippen molar-refractivity contribution < 1.29 is 22.8 Å². The molecule has 0 radical (unpaired) electrons. The molecule has 2 atom stereocenters. The molecule has 0 unspecified atom stereocenters. The van der Waals surface area contributed by atoms with E-state index in [9.17, 15) is 22.8 Å². The first-order chi connectivity index (χ1) is 10.6. The summed E-state index contributed by atoms with van der Waals surface area (Å²) in [5, 5.41) is 11.0. The molecule has 1 aromatic rings. The van der Waals surface area contributed by atoms with Gasteiger partial charge in [0.2, 0.25) is 11.8 Å². The van der Waals surface area contributed by atoms with Crippen molar-refractivity contribution in [2.75, 3.05) is 0 Å². The lowest BCUT2D eigenvalue weighted by molar-refractivity contribution is -0.137. The van der Waals surface area contributed by atoms with Crippen LogP contribution in [0.5, 0.6) is 0 Å². The number of nitriles is 1. The number of amides is 2. The zero-order chi connectivity index (χ0) is 17.6. The van der Waals surface area contributed by atoms with E-state index in [1.807, 2.05) is 6.07 Å². The minimum absolute atomic E-state index is 0.0359. The van der Waals surface area contributed by atoms with Crippen LogP contribution in [0.25, 0.3) is 0 Å². The summed E-state index contributed by atoms with van der Waals surface area (Å²) in [4.78, 5) is 23.2. The molecular formula is C15H16F3N3O2. The summed E-state index contributed by atoms with van der Waals surface area (Å²) in [7, 11) is 0. The van der Waals surface area contributed by atoms with Crippen molar-refractivity contribution in [2.45, 2.75) is 32.0 Å². The molecule has 8 heteroatoms. The molecule has 23 heavy (non-hydrogen) atoms. The number of hydrogen-bond donors (Lipinski definition) is 2. The zero-order valence-corrected chi connectivity index (χ0v) is 12.4. The van der Waals surface area contributed by atoms with Crippen LogP contribution in [0.3, 0.4) is 0 Å². The van der Waals surface area contributed by atoms with Gasteiger partial charge in [-0.3, -0.25) is 9.59 Å². The van der Waals surface area contributed by atoms with Crippen LogP contribution in [0.15, 0.2) is 24.3 Å². The molecule has 124 valence electrons. The summed E-state index contributed by atoms with van der Waals surface area (Å²) in [5.74, 6) is -1.79. The van der Waals surface area contributed by atoms with Crippen molar-refractivity contribution in [1.82, 2.24) is 5.32 Å². The second-order valence-electron chi connectivity index (χ2n) is 5.16. The molecule has 0 aromatic heterocycles. The summed E-state index contributed by atoms with van der Waals surface area (Å²) < 4.78 is 37.3. The van der Waals surface area contributed by atoms with Gasteiger partial charge in [0.05, 0.1) is 18.1 Å². The molecule has 1 rings (SSSR count). The first-order valence-corrected chi connectivity index (χ1v) is 6.77. The van der Waals surface area contributed by atoms with Crippen molar-refractivity contribution >= 4 is 11.8 Å². The number of carbonyl (C=O) groups excluding carboxylic acids is 2. The molecule has 2 amide bonds. The van der Waals surface area contributed by atoms with Crippen LogP contribution in [0, 0.1) is 17.2 Å². The smallest absolute Gasteiger partial charge is 0.368 e. The molecule has 0 aliphatic rings.